The van der Waals surface area contributed by atoms with Crippen LogP contribution in [-0.2, 0) is 6.42 Å². The molecule has 4 nitrogen and oxygen atoms in total. The molecule has 1 aliphatic rings. The summed E-state index contributed by atoms with van der Waals surface area (Å²) in [5, 5.41) is 14.9. The number of hydrogen-bond donors (Lipinski definition) is 1. The predicted molar refractivity (Wildman–Crippen MR) is 76.6 cm³/mol. The normalized spacial score (nSPS) is 23.3. The minimum absolute atomic E-state index is 0.146. The van der Waals surface area contributed by atoms with Crippen molar-refractivity contribution in [1.82, 2.24) is 5.32 Å². The highest BCUT2D eigenvalue weighted by molar-refractivity contribution is 6.30. The average Bonchev–Trinajstić information content (AvgIpc) is 2.41. The Morgan fingerprint density at radius 1 is 1.42 bits per heavy atom. The van der Waals surface area contributed by atoms with Crippen LogP contribution in [0.3, 0.4) is 0 Å². The summed E-state index contributed by atoms with van der Waals surface area (Å²) in [4.78, 5) is 10.8. The van der Waals surface area contributed by atoms with Crippen molar-refractivity contribution < 1.29 is 4.92 Å². The number of hydrogen-bond acceptors (Lipinski definition) is 3. The maximum absolute atomic E-state index is 11.1. The molecule has 104 valence electrons. The van der Waals surface area contributed by atoms with Gasteiger partial charge in [-0.15, -0.1) is 0 Å². The second-order valence-electron chi connectivity index (χ2n) is 5.17. The van der Waals surface area contributed by atoms with Crippen molar-refractivity contribution in [3.63, 3.8) is 0 Å². The van der Waals surface area contributed by atoms with Crippen LogP contribution >= 0.6 is 11.6 Å². The fraction of sp³-hybridized carbons (Fsp3) is 0.571. The third-order valence-electron chi connectivity index (χ3n) is 4.01. The molecule has 0 saturated heterocycles. The lowest BCUT2D eigenvalue weighted by Crippen LogP contribution is -2.37. The molecule has 1 saturated carbocycles. The summed E-state index contributed by atoms with van der Waals surface area (Å²) < 4.78 is 0. The molecule has 19 heavy (non-hydrogen) atoms. The number of rotatable bonds is 4. The van der Waals surface area contributed by atoms with Gasteiger partial charge in [0.2, 0.25) is 0 Å². The van der Waals surface area contributed by atoms with Gasteiger partial charge in [-0.25, -0.2) is 0 Å². The van der Waals surface area contributed by atoms with Gasteiger partial charge >= 0.3 is 0 Å². The zero-order chi connectivity index (χ0) is 13.8. The van der Waals surface area contributed by atoms with Gasteiger partial charge in [-0.05, 0) is 38.3 Å². The van der Waals surface area contributed by atoms with Crippen molar-refractivity contribution in [1.29, 1.82) is 0 Å². The molecule has 2 atom stereocenters. The lowest BCUT2D eigenvalue weighted by molar-refractivity contribution is -0.385. The topological polar surface area (TPSA) is 55.2 Å². The third-order valence-corrected chi connectivity index (χ3v) is 4.24. The quantitative estimate of drug-likeness (QED) is 0.678. The first-order valence-corrected chi connectivity index (χ1v) is 7.09. The molecule has 2 rings (SSSR count). The van der Waals surface area contributed by atoms with Crippen LogP contribution < -0.4 is 5.32 Å². The molecule has 0 bridgehead atoms. The smallest absolute Gasteiger partial charge is 0.274 e. The zero-order valence-electron chi connectivity index (χ0n) is 11.1. The molecule has 1 aromatic carbocycles. The lowest BCUT2D eigenvalue weighted by Gasteiger charge is -2.31. The summed E-state index contributed by atoms with van der Waals surface area (Å²) in [6, 6.07) is 5.45. The summed E-state index contributed by atoms with van der Waals surface area (Å²) >= 11 is 5.84. The molecular formula is C14H19ClN2O2. The van der Waals surface area contributed by atoms with Crippen molar-refractivity contribution in [3.05, 3.63) is 38.9 Å². The van der Waals surface area contributed by atoms with Gasteiger partial charge in [0.05, 0.1) is 4.92 Å². The Bertz CT molecular complexity index is 465. The van der Waals surface area contributed by atoms with Gasteiger partial charge in [0, 0.05) is 22.7 Å². The Labute approximate surface area is 118 Å². The van der Waals surface area contributed by atoms with Crippen LogP contribution in [0.2, 0.25) is 5.02 Å². The van der Waals surface area contributed by atoms with Crippen LogP contribution in [0.5, 0.6) is 0 Å². The largest absolute Gasteiger partial charge is 0.317 e. The molecule has 5 heteroatoms. The van der Waals surface area contributed by atoms with E-state index in [-0.39, 0.29) is 10.6 Å². The summed E-state index contributed by atoms with van der Waals surface area (Å²) in [5.74, 6) is 0.471. The summed E-state index contributed by atoms with van der Waals surface area (Å²) in [7, 11) is 1.97. The van der Waals surface area contributed by atoms with Gasteiger partial charge in [0.25, 0.3) is 5.69 Å². The SMILES string of the molecule is CNC1CCCCC1Cc1ccc(Cl)cc1[N+](=O)[O-]. The van der Waals surface area contributed by atoms with Crippen molar-refractivity contribution in [3.8, 4) is 0 Å². The van der Waals surface area contributed by atoms with E-state index in [9.17, 15) is 10.1 Å². The number of nitrogens with one attached hydrogen (secondary N) is 1. The standard InChI is InChI=1S/C14H19ClN2O2/c1-16-13-5-3-2-4-10(13)8-11-6-7-12(15)9-14(11)17(18)19/h6-7,9-10,13,16H,2-5,8H2,1H3. The second kappa shape index (κ2) is 6.35. The number of nitrogens with zero attached hydrogens (tertiary/aromatic N) is 1. The van der Waals surface area contributed by atoms with Crippen molar-refractivity contribution in [2.24, 2.45) is 5.92 Å². The first kappa shape index (κ1) is 14.3. The Kier molecular flexibility index (Phi) is 4.77. The first-order valence-electron chi connectivity index (χ1n) is 6.72. The summed E-state index contributed by atoms with van der Waals surface area (Å²) in [5.41, 5.74) is 0.939. The number of halogens is 1. The van der Waals surface area contributed by atoms with Crippen LogP contribution in [0.25, 0.3) is 0 Å². The summed E-state index contributed by atoms with van der Waals surface area (Å²) in [6.45, 7) is 0. The Hall–Kier alpha value is -1.13. The molecule has 0 spiro atoms. The van der Waals surface area contributed by atoms with Gasteiger partial charge in [-0.3, -0.25) is 10.1 Å². The highest BCUT2D eigenvalue weighted by Crippen LogP contribution is 2.31. The highest BCUT2D eigenvalue weighted by atomic mass is 35.5. The van der Waals surface area contributed by atoms with Crippen LogP contribution in [0, 0.1) is 16.0 Å². The minimum Gasteiger partial charge on any atom is -0.317 e. The Morgan fingerprint density at radius 3 is 2.84 bits per heavy atom. The van der Waals surface area contributed by atoms with Crippen molar-refractivity contribution in [2.45, 2.75) is 38.1 Å². The van der Waals surface area contributed by atoms with Gasteiger partial charge in [-0.2, -0.15) is 0 Å². The lowest BCUT2D eigenvalue weighted by atomic mass is 9.80. The minimum atomic E-state index is -0.335. The third kappa shape index (κ3) is 3.45. The monoisotopic (exact) mass is 282 g/mol. The molecule has 2 unspecified atom stereocenters. The zero-order valence-corrected chi connectivity index (χ0v) is 11.8. The maximum atomic E-state index is 11.1. The van der Waals surface area contributed by atoms with E-state index >= 15 is 0 Å². The molecule has 0 aliphatic heterocycles. The van der Waals surface area contributed by atoms with Gasteiger partial charge in [0.1, 0.15) is 0 Å². The predicted octanol–water partition coefficient (Wildman–Crippen LogP) is 3.57. The van der Waals surface area contributed by atoms with E-state index < -0.39 is 0 Å². The molecule has 0 aromatic heterocycles. The van der Waals surface area contributed by atoms with Crippen LogP contribution in [0.15, 0.2) is 18.2 Å². The van der Waals surface area contributed by atoms with Gasteiger partial charge in [0.15, 0.2) is 0 Å². The molecule has 1 N–H and O–H groups in total. The molecule has 1 fully saturated rings. The van der Waals surface area contributed by atoms with Crippen molar-refractivity contribution in [2.75, 3.05) is 7.05 Å². The Balaban J connectivity index is 2.20. The molecular weight excluding hydrogens is 264 g/mol. The van der Waals surface area contributed by atoms with E-state index in [1.165, 1.54) is 18.9 Å². The molecule has 0 radical (unpaired) electrons. The van der Waals surface area contributed by atoms with Crippen LogP contribution in [0.4, 0.5) is 5.69 Å². The van der Waals surface area contributed by atoms with Gasteiger partial charge in [-0.1, -0.05) is 30.5 Å². The van der Waals surface area contributed by atoms with E-state index in [4.69, 9.17) is 11.6 Å². The van der Waals surface area contributed by atoms with Crippen LogP contribution in [0.1, 0.15) is 31.2 Å². The first-order chi connectivity index (χ1) is 9.11. The van der Waals surface area contributed by atoms with Crippen molar-refractivity contribution >= 4 is 17.3 Å². The van der Waals surface area contributed by atoms with E-state index in [0.717, 1.165) is 24.8 Å². The number of nitro groups is 1. The van der Waals surface area contributed by atoms with E-state index in [2.05, 4.69) is 5.32 Å². The summed E-state index contributed by atoms with van der Waals surface area (Å²) in [6.07, 6.45) is 5.49. The molecule has 1 aliphatic carbocycles. The van der Waals surface area contributed by atoms with E-state index in [1.807, 2.05) is 7.05 Å². The molecule has 0 heterocycles. The fourth-order valence-electron chi connectivity index (χ4n) is 2.99. The van der Waals surface area contributed by atoms with Gasteiger partial charge < -0.3 is 5.32 Å². The Morgan fingerprint density at radius 2 is 2.16 bits per heavy atom. The highest BCUT2D eigenvalue weighted by Gasteiger charge is 2.26. The van der Waals surface area contributed by atoms with E-state index in [1.54, 1.807) is 12.1 Å². The van der Waals surface area contributed by atoms with E-state index in [0.29, 0.717) is 17.0 Å². The maximum Gasteiger partial charge on any atom is 0.274 e. The second-order valence-corrected chi connectivity index (χ2v) is 5.61. The van der Waals surface area contributed by atoms with Crippen LogP contribution in [-0.4, -0.2) is 18.0 Å². The molecule has 1 aromatic rings. The average molecular weight is 283 g/mol. The fourth-order valence-corrected chi connectivity index (χ4v) is 3.16. The number of benzene rings is 1. The number of nitro benzene ring substituents is 1. The molecule has 0 amide bonds.